The Bertz CT molecular complexity index is 3000. The van der Waals surface area contributed by atoms with E-state index in [-0.39, 0.29) is 28.7 Å². The summed E-state index contributed by atoms with van der Waals surface area (Å²) >= 11 is 0. The number of phenols is 5. The maximum atomic E-state index is 10.8. The van der Waals surface area contributed by atoms with Gasteiger partial charge in [-0.1, -0.05) is 54.6 Å². The first-order valence-electron chi connectivity index (χ1n) is 19.8. The van der Waals surface area contributed by atoms with Crippen LogP contribution in [0.5, 0.6) is 46.0 Å². The largest absolute Gasteiger partial charge is 0.508 e. The average Bonchev–Trinajstić information content (AvgIpc) is 3.30. The fourth-order valence-corrected chi connectivity index (χ4v) is 23.9. The van der Waals surface area contributed by atoms with Gasteiger partial charge in [0.25, 0.3) is 7.43 Å². The molecular formula is C48H40N4O8P4. The number of hydrogen-bond donors (Lipinski definition) is 5. The molecule has 8 aromatic carbocycles. The highest BCUT2D eigenvalue weighted by atomic mass is 31.3. The van der Waals surface area contributed by atoms with Crippen LogP contribution in [0.15, 0.2) is 230 Å². The fraction of sp³-hybridized carbons (Fsp3) is 0. The Balaban J connectivity index is 1.60. The van der Waals surface area contributed by atoms with Gasteiger partial charge in [0.2, 0.25) is 0 Å². The molecule has 9 rings (SSSR count). The Morgan fingerprint density at radius 3 is 0.875 bits per heavy atom. The zero-order chi connectivity index (χ0) is 44.2. The molecule has 1 aliphatic heterocycles. The van der Waals surface area contributed by atoms with Crippen molar-refractivity contribution in [1.29, 1.82) is 0 Å². The molecule has 8 aromatic rings. The molecule has 1 atom stereocenters. The van der Waals surface area contributed by atoms with Crippen molar-refractivity contribution in [1.82, 2.24) is 0 Å². The molecule has 0 bridgehead atoms. The minimum atomic E-state index is -4.29. The lowest BCUT2D eigenvalue weighted by Crippen LogP contribution is -2.21. The molecule has 1 heterocycles. The molecule has 64 heavy (non-hydrogen) atoms. The second kappa shape index (κ2) is 17.7. The number of para-hydroxylation sites is 3. The van der Waals surface area contributed by atoms with Crippen molar-refractivity contribution in [3.8, 4) is 46.0 Å². The van der Waals surface area contributed by atoms with Gasteiger partial charge in [-0.05, 0) is 158 Å². The highest BCUT2D eigenvalue weighted by Gasteiger charge is 2.45. The van der Waals surface area contributed by atoms with Gasteiger partial charge >= 0.3 is 7.66 Å². The Labute approximate surface area is 370 Å². The molecule has 0 spiro atoms. The van der Waals surface area contributed by atoms with Crippen LogP contribution in [0, 0.1) is 0 Å². The van der Waals surface area contributed by atoms with E-state index < -0.39 is 29.5 Å². The van der Waals surface area contributed by atoms with Crippen LogP contribution in [0.4, 0.5) is 0 Å². The third-order valence-corrected chi connectivity index (χ3v) is 24.2. The molecule has 0 saturated carbocycles. The lowest BCUT2D eigenvalue weighted by atomic mass is 10.3. The second-order valence-corrected chi connectivity index (χ2v) is 24.9. The SMILES string of the molecule is Oc1ccc(P2(Oc3ccccc3)=NP(c3ccc(O)cc3)(c3ccc(O)cc3)=NP(c3ccc(O)cc3)(c3ccc(O)cc3)=NP(Oc3ccccc3)(Oc3ccccc3)=N2)cc1. The number of rotatable bonds is 11. The summed E-state index contributed by atoms with van der Waals surface area (Å²) in [6, 6.07) is 60.2. The number of aromatic hydroxyl groups is 5. The van der Waals surface area contributed by atoms with Gasteiger partial charge in [0.1, 0.15) is 60.4 Å². The minimum Gasteiger partial charge on any atom is -0.508 e. The first kappa shape index (κ1) is 42.4. The monoisotopic (exact) mass is 924 g/mol. The molecule has 1 unspecified atom stereocenters. The standard InChI is InChI=1S/C48H40N4O8P4/c53-36-16-26-44(27-17-36)61(45-28-18-37(54)19-29-45)49-62(46-30-20-38(55)21-31-46,47-32-22-39(56)23-33-47)51-64(59-42-12-6-2-7-13-42,60-43-14-8-3-9-15-43)52-63(50-61,48-34-24-40(57)25-35-48)58-41-10-4-1-5-11-41/h1-35,53-57H. The van der Waals surface area contributed by atoms with Gasteiger partial charge < -0.3 is 39.1 Å². The van der Waals surface area contributed by atoms with Crippen molar-refractivity contribution in [2.75, 3.05) is 0 Å². The van der Waals surface area contributed by atoms with Crippen LogP contribution < -0.4 is 40.1 Å². The minimum absolute atomic E-state index is 0.00261. The Morgan fingerprint density at radius 2 is 0.547 bits per heavy atom. The molecular weight excluding hydrogens is 884 g/mol. The molecule has 0 fully saturated rings. The normalized spacial score (nSPS) is 17.1. The van der Waals surface area contributed by atoms with Crippen molar-refractivity contribution in [2.45, 2.75) is 0 Å². The van der Waals surface area contributed by atoms with Crippen LogP contribution in [0.2, 0.25) is 0 Å². The molecule has 0 amide bonds. The lowest BCUT2D eigenvalue weighted by Gasteiger charge is -2.36. The van der Waals surface area contributed by atoms with E-state index >= 15 is 0 Å². The van der Waals surface area contributed by atoms with Crippen LogP contribution in [-0.2, 0) is 0 Å². The van der Waals surface area contributed by atoms with Crippen molar-refractivity contribution in [3.63, 3.8) is 0 Å². The van der Waals surface area contributed by atoms with Crippen molar-refractivity contribution in [3.05, 3.63) is 212 Å². The Morgan fingerprint density at radius 1 is 0.266 bits per heavy atom. The van der Waals surface area contributed by atoms with Crippen molar-refractivity contribution in [2.24, 2.45) is 18.1 Å². The van der Waals surface area contributed by atoms with E-state index in [2.05, 4.69) is 0 Å². The smallest absolute Gasteiger partial charge is 0.453 e. The molecule has 0 saturated heterocycles. The van der Waals surface area contributed by atoms with Crippen LogP contribution in [0.25, 0.3) is 0 Å². The van der Waals surface area contributed by atoms with Crippen LogP contribution in [0.3, 0.4) is 0 Å². The van der Waals surface area contributed by atoms with E-state index in [9.17, 15) is 25.5 Å². The highest BCUT2D eigenvalue weighted by Crippen LogP contribution is 2.77. The first-order chi connectivity index (χ1) is 31.1. The fourth-order valence-electron chi connectivity index (χ4n) is 6.90. The summed E-state index contributed by atoms with van der Waals surface area (Å²) in [5.74, 6) is 1.15. The third kappa shape index (κ3) is 8.70. The number of hydrogen-bond acceptors (Lipinski definition) is 12. The Kier molecular flexibility index (Phi) is 11.7. The number of phenolic OH excluding ortho intramolecular Hbond substituents is 5. The van der Waals surface area contributed by atoms with Gasteiger partial charge in [0.05, 0.1) is 5.30 Å². The predicted octanol–water partition coefficient (Wildman–Crippen LogP) is 11.6. The summed E-state index contributed by atoms with van der Waals surface area (Å²) in [6.45, 7) is 0. The van der Waals surface area contributed by atoms with Crippen molar-refractivity contribution < 1.29 is 39.1 Å². The summed E-state index contributed by atoms with van der Waals surface area (Å²) in [5, 5.41) is 56.6. The molecule has 0 aliphatic carbocycles. The van der Waals surface area contributed by atoms with Crippen LogP contribution >= 0.6 is 29.5 Å². The zero-order valence-electron chi connectivity index (χ0n) is 33.7. The van der Waals surface area contributed by atoms with Crippen LogP contribution in [0.1, 0.15) is 0 Å². The van der Waals surface area contributed by atoms with Gasteiger partial charge in [-0.15, -0.1) is 4.52 Å². The van der Waals surface area contributed by atoms with Gasteiger partial charge in [0.15, 0.2) is 0 Å². The topological polar surface area (TPSA) is 178 Å². The molecule has 320 valence electrons. The zero-order valence-corrected chi connectivity index (χ0v) is 37.3. The number of nitrogens with zero attached hydrogens (tertiary/aromatic N) is 4. The summed E-state index contributed by atoms with van der Waals surface area (Å²) in [5.41, 5.74) is 0. The summed E-state index contributed by atoms with van der Waals surface area (Å²) in [4.78, 5) is 0. The second-order valence-electron chi connectivity index (χ2n) is 14.4. The summed E-state index contributed by atoms with van der Waals surface area (Å²) in [6.07, 6.45) is 0. The van der Waals surface area contributed by atoms with E-state index in [1.165, 1.54) is 12.1 Å². The molecule has 5 N–H and O–H groups in total. The summed E-state index contributed by atoms with van der Waals surface area (Å²) in [7, 11) is -16.0. The molecule has 16 heteroatoms. The number of benzene rings is 8. The summed E-state index contributed by atoms with van der Waals surface area (Å²) < 4.78 is 45.5. The average molecular weight is 925 g/mol. The molecule has 0 aromatic heterocycles. The molecule has 12 nitrogen and oxygen atoms in total. The molecule has 0 radical (unpaired) electrons. The van der Waals surface area contributed by atoms with E-state index in [1.807, 2.05) is 54.6 Å². The molecule has 1 aliphatic rings. The van der Waals surface area contributed by atoms with Gasteiger partial charge in [-0.25, -0.2) is 4.52 Å². The third-order valence-electron chi connectivity index (χ3n) is 9.92. The van der Waals surface area contributed by atoms with E-state index in [1.54, 1.807) is 146 Å². The highest BCUT2D eigenvalue weighted by molar-refractivity contribution is 7.95. The maximum absolute atomic E-state index is 10.8. The van der Waals surface area contributed by atoms with E-state index in [4.69, 9.17) is 31.6 Å². The van der Waals surface area contributed by atoms with Gasteiger partial charge in [-0.3, -0.25) is 0 Å². The van der Waals surface area contributed by atoms with Gasteiger partial charge in [0, 0.05) is 21.2 Å². The lowest BCUT2D eigenvalue weighted by molar-refractivity contribution is 0.475. The first-order valence-corrected chi connectivity index (χ1v) is 26.4. The van der Waals surface area contributed by atoms with E-state index in [0.717, 1.165) is 0 Å². The van der Waals surface area contributed by atoms with Crippen LogP contribution in [-0.4, -0.2) is 25.5 Å². The van der Waals surface area contributed by atoms with E-state index in [0.29, 0.717) is 43.8 Å². The predicted molar refractivity (Wildman–Crippen MR) is 257 cm³/mol. The quantitative estimate of drug-likeness (QED) is 0.0796. The maximum Gasteiger partial charge on any atom is 0.453 e. The Hall–Kier alpha value is -6.92. The van der Waals surface area contributed by atoms with Crippen molar-refractivity contribution >= 4 is 56.0 Å². The van der Waals surface area contributed by atoms with Gasteiger partial charge in [-0.2, -0.15) is 9.03 Å².